The second-order valence-electron chi connectivity index (χ2n) is 4.68. The summed E-state index contributed by atoms with van der Waals surface area (Å²) in [5.41, 5.74) is 11.5. The van der Waals surface area contributed by atoms with Gasteiger partial charge >= 0.3 is 7.69 Å². The third-order valence-corrected chi connectivity index (χ3v) is 3.21. The summed E-state index contributed by atoms with van der Waals surface area (Å²) in [6, 6.07) is 26.8. The number of rotatable bonds is 2. The van der Waals surface area contributed by atoms with Crippen molar-refractivity contribution in [1.82, 2.24) is 0 Å². The van der Waals surface area contributed by atoms with Gasteiger partial charge in [0.15, 0.2) is 0 Å². The average molecular weight is 291 g/mol. The molecule has 3 nitrogen and oxygen atoms in total. The standard InChI is InChI=1S/C18H15N.BH3O2/c19-16-11-12-17(14-7-3-1-4-8-14)18(13-16)15-9-5-2-6-10-15;2-1-3/h1-13H,19H2;1-3H. The Kier molecular flexibility index (Phi) is 5.77. The lowest BCUT2D eigenvalue weighted by molar-refractivity contribution is 0.448. The van der Waals surface area contributed by atoms with E-state index < -0.39 is 7.69 Å². The first-order valence-electron chi connectivity index (χ1n) is 6.98. The second kappa shape index (κ2) is 8.03. The molecule has 0 fully saturated rings. The maximum Gasteiger partial charge on any atom is 0.432 e. The molecule has 4 N–H and O–H groups in total. The maximum atomic E-state index is 7.12. The minimum Gasteiger partial charge on any atom is -0.430 e. The van der Waals surface area contributed by atoms with Crippen LogP contribution in [0, 0.1) is 0 Å². The molecule has 0 unspecified atom stereocenters. The minimum absolute atomic E-state index is 0.750. The summed E-state index contributed by atoms with van der Waals surface area (Å²) in [4.78, 5) is 0. The van der Waals surface area contributed by atoms with Gasteiger partial charge in [0, 0.05) is 5.69 Å². The molecule has 0 heterocycles. The van der Waals surface area contributed by atoms with Crippen molar-refractivity contribution >= 4 is 13.4 Å². The Morgan fingerprint density at radius 3 is 1.59 bits per heavy atom. The average Bonchev–Trinajstić information content (AvgIpc) is 2.57. The predicted octanol–water partition coefficient (Wildman–Crippen LogP) is 2.84. The highest BCUT2D eigenvalue weighted by Crippen LogP contribution is 2.33. The van der Waals surface area contributed by atoms with Gasteiger partial charge in [-0.2, -0.15) is 0 Å². The summed E-state index contributed by atoms with van der Waals surface area (Å²) in [5, 5.41) is 14.2. The van der Waals surface area contributed by atoms with Crippen molar-refractivity contribution in [3.63, 3.8) is 0 Å². The zero-order chi connectivity index (χ0) is 15.8. The Bertz CT molecular complexity index is 703. The van der Waals surface area contributed by atoms with Crippen molar-refractivity contribution in [3.8, 4) is 22.3 Å². The fourth-order valence-corrected chi connectivity index (χ4v) is 2.29. The molecule has 0 atom stereocenters. The molecular formula is C18H18BNO2. The first-order chi connectivity index (χ1) is 10.8. The van der Waals surface area contributed by atoms with Crippen molar-refractivity contribution in [2.75, 3.05) is 5.73 Å². The first kappa shape index (κ1) is 15.8. The number of nitrogens with two attached hydrogens (primary N) is 1. The van der Waals surface area contributed by atoms with E-state index in [9.17, 15) is 0 Å². The molecule has 110 valence electrons. The molecule has 0 aliphatic heterocycles. The van der Waals surface area contributed by atoms with Crippen molar-refractivity contribution in [2.45, 2.75) is 0 Å². The van der Waals surface area contributed by atoms with Crippen molar-refractivity contribution in [1.29, 1.82) is 0 Å². The van der Waals surface area contributed by atoms with Crippen molar-refractivity contribution in [3.05, 3.63) is 78.9 Å². The summed E-state index contributed by atoms with van der Waals surface area (Å²) in [7, 11) is -0.750. The van der Waals surface area contributed by atoms with Crippen LogP contribution < -0.4 is 5.73 Å². The molecule has 4 heteroatoms. The van der Waals surface area contributed by atoms with Crippen LogP contribution in [0.2, 0.25) is 0 Å². The molecular weight excluding hydrogens is 273 g/mol. The van der Waals surface area contributed by atoms with E-state index in [1.165, 1.54) is 22.3 Å². The SMILES string of the molecule is Nc1ccc(-c2ccccc2)c(-c2ccccc2)c1.OBO. The van der Waals surface area contributed by atoms with Crippen LogP contribution in [-0.4, -0.2) is 17.7 Å². The van der Waals surface area contributed by atoms with E-state index in [1.807, 2.05) is 36.4 Å². The highest BCUT2D eigenvalue weighted by atomic mass is 16.4. The predicted molar refractivity (Wildman–Crippen MR) is 93.3 cm³/mol. The maximum absolute atomic E-state index is 7.12. The van der Waals surface area contributed by atoms with Crippen LogP contribution in [0.25, 0.3) is 22.3 Å². The smallest absolute Gasteiger partial charge is 0.430 e. The van der Waals surface area contributed by atoms with Gasteiger partial charge < -0.3 is 15.8 Å². The van der Waals surface area contributed by atoms with Gasteiger partial charge in [-0.3, -0.25) is 0 Å². The Morgan fingerprint density at radius 1 is 0.636 bits per heavy atom. The van der Waals surface area contributed by atoms with Gasteiger partial charge in [-0.25, -0.2) is 0 Å². The van der Waals surface area contributed by atoms with E-state index >= 15 is 0 Å². The Hall–Kier alpha value is -2.56. The summed E-state index contributed by atoms with van der Waals surface area (Å²) in [6.07, 6.45) is 0. The van der Waals surface area contributed by atoms with Crippen LogP contribution in [0.15, 0.2) is 78.9 Å². The van der Waals surface area contributed by atoms with Gasteiger partial charge in [0.05, 0.1) is 0 Å². The fourth-order valence-electron chi connectivity index (χ4n) is 2.29. The number of benzene rings is 3. The molecule has 3 aromatic carbocycles. The van der Waals surface area contributed by atoms with Gasteiger partial charge in [-0.1, -0.05) is 66.7 Å². The van der Waals surface area contributed by atoms with Crippen LogP contribution in [0.1, 0.15) is 0 Å². The Labute approximate surface area is 131 Å². The molecule has 0 radical (unpaired) electrons. The molecule has 0 aliphatic carbocycles. The molecule has 3 rings (SSSR count). The largest absolute Gasteiger partial charge is 0.432 e. The molecule has 0 aliphatic rings. The monoisotopic (exact) mass is 291 g/mol. The van der Waals surface area contributed by atoms with E-state index in [-0.39, 0.29) is 0 Å². The van der Waals surface area contributed by atoms with Gasteiger partial charge in [0.2, 0.25) is 0 Å². The minimum atomic E-state index is -0.750. The highest BCUT2D eigenvalue weighted by Gasteiger charge is 2.07. The first-order valence-corrected chi connectivity index (χ1v) is 6.98. The van der Waals surface area contributed by atoms with Gasteiger partial charge in [-0.15, -0.1) is 0 Å². The van der Waals surface area contributed by atoms with E-state index in [1.54, 1.807) is 0 Å². The number of anilines is 1. The van der Waals surface area contributed by atoms with E-state index in [4.69, 9.17) is 15.8 Å². The van der Waals surface area contributed by atoms with Crippen LogP contribution in [0.4, 0.5) is 5.69 Å². The van der Waals surface area contributed by atoms with Crippen molar-refractivity contribution < 1.29 is 10.0 Å². The van der Waals surface area contributed by atoms with Crippen LogP contribution in [-0.2, 0) is 0 Å². The lowest BCUT2D eigenvalue weighted by Gasteiger charge is -2.11. The van der Waals surface area contributed by atoms with Gasteiger partial charge in [0.1, 0.15) is 0 Å². The molecule has 0 amide bonds. The normalized spacial score (nSPS) is 9.55. The lowest BCUT2D eigenvalue weighted by Crippen LogP contribution is -1.89. The van der Waals surface area contributed by atoms with E-state index in [2.05, 4.69) is 42.5 Å². The molecule has 0 saturated carbocycles. The van der Waals surface area contributed by atoms with Crippen LogP contribution in [0.3, 0.4) is 0 Å². The third kappa shape index (κ3) is 3.98. The molecule has 0 spiro atoms. The zero-order valence-corrected chi connectivity index (χ0v) is 12.2. The highest BCUT2D eigenvalue weighted by molar-refractivity contribution is 6.13. The summed E-state index contributed by atoms with van der Waals surface area (Å²) >= 11 is 0. The number of hydrogen-bond donors (Lipinski definition) is 3. The zero-order valence-electron chi connectivity index (χ0n) is 12.2. The molecule has 3 aromatic rings. The van der Waals surface area contributed by atoms with E-state index in [0.29, 0.717) is 0 Å². The topological polar surface area (TPSA) is 66.5 Å². The van der Waals surface area contributed by atoms with Crippen LogP contribution >= 0.6 is 0 Å². The summed E-state index contributed by atoms with van der Waals surface area (Å²) < 4.78 is 0. The lowest BCUT2D eigenvalue weighted by atomic mass is 9.94. The molecule has 22 heavy (non-hydrogen) atoms. The Balaban J connectivity index is 0.000000545. The molecule has 0 saturated heterocycles. The quantitative estimate of drug-likeness (QED) is 0.502. The fraction of sp³-hybridized carbons (Fsp3) is 0. The summed E-state index contributed by atoms with van der Waals surface area (Å²) in [5.74, 6) is 0. The third-order valence-electron chi connectivity index (χ3n) is 3.21. The van der Waals surface area contributed by atoms with Crippen molar-refractivity contribution in [2.24, 2.45) is 0 Å². The van der Waals surface area contributed by atoms with E-state index in [0.717, 1.165) is 5.69 Å². The molecule has 0 aromatic heterocycles. The van der Waals surface area contributed by atoms with Gasteiger partial charge in [-0.05, 0) is 34.4 Å². The second-order valence-corrected chi connectivity index (χ2v) is 4.68. The molecule has 0 bridgehead atoms. The van der Waals surface area contributed by atoms with Crippen LogP contribution in [0.5, 0.6) is 0 Å². The number of hydrogen-bond acceptors (Lipinski definition) is 3. The number of nitrogen functional groups attached to an aromatic ring is 1. The summed E-state index contributed by atoms with van der Waals surface area (Å²) in [6.45, 7) is 0. The Morgan fingerprint density at radius 2 is 1.09 bits per heavy atom. The van der Waals surface area contributed by atoms with Gasteiger partial charge in [0.25, 0.3) is 0 Å².